The van der Waals surface area contributed by atoms with Gasteiger partial charge in [0.05, 0.1) is 25.6 Å². The molecule has 0 aliphatic heterocycles. The molecule has 2 aromatic heterocycles. The lowest BCUT2D eigenvalue weighted by atomic mass is 10.2. The lowest BCUT2D eigenvalue weighted by Crippen LogP contribution is -2.22. The van der Waals surface area contributed by atoms with Crippen molar-refractivity contribution < 1.29 is 18.7 Å². The highest BCUT2D eigenvalue weighted by molar-refractivity contribution is 7.17. The summed E-state index contributed by atoms with van der Waals surface area (Å²) in [5.41, 5.74) is 2.52. The average Bonchev–Trinajstić information content (AvgIpc) is 3.42. The number of rotatable bonds is 7. The minimum atomic E-state index is -0.382. The summed E-state index contributed by atoms with van der Waals surface area (Å²) in [7, 11) is 3.14. The predicted molar refractivity (Wildman–Crippen MR) is 125 cm³/mol. The lowest BCUT2D eigenvalue weighted by Gasteiger charge is -2.09. The highest BCUT2D eigenvalue weighted by atomic mass is 32.1. The molecule has 33 heavy (non-hydrogen) atoms. The summed E-state index contributed by atoms with van der Waals surface area (Å²) >= 11 is 1.29. The number of benzene rings is 2. The van der Waals surface area contributed by atoms with E-state index in [2.05, 4.69) is 15.3 Å². The Bertz CT molecular complexity index is 1320. The van der Waals surface area contributed by atoms with Gasteiger partial charge in [0, 0.05) is 24.5 Å². The molecule has 0 atom stereocenters. The van der Waals surface area contributed by atoms with Gasteiger partial charge in [0.15, 0.2) is 11.5 Å². The molecular weight excluding hydrogens is 443 g/mol. The summed E-state index contributed by atoms with van der Waals surface area (Å²) in [6.07, 6.45) is 3.33. The van der Waals surface area contributed by atoms with Crippen LogP contribution in [0.2, 0.25) is 0 Å². The molecule has 0 bridgehead atoms. The van der Waals surface area contributed by atoms with Crippen LogP contribution in [0.25, 0.3) is 16.3 Å². The number of imidazole rings is 1. The van der Waals surface area contributed by atoms with Crippen LogP contribution in [0.5, 0.6) is 11.5 Å². The highest BCUT2D eigenvalue weighted by Gasteiger charge is 2.18. The number of amides is 1. The number of aryl methyl sites for hydroxylation is 2. The lowest BCUT2D eigenvalue weighted by molar-refractivity contribution is 0.0954. The van der Waals surface area contributed by atoms with Gasteiger partial charge in [-0.15, -0.1) is 11.3 Å². The summed E-state index contributed by atoms with van der Waals surface area (Å²) in [5, 5.41) is 3.55. The Morgan fingerprint density at radius 1 is 1.12 bits per heavy atom. The van der Waals surface area contributed by atoms with Crippen LogP contribution in [0.15, 0.2) is 48.8 Å². The van der Waals surface area contributed by atoms with Gasteiger partial charge in [-0.2, -0.15) is 0 Å². The number of carbonyl (C=O) groups excluding carboxylic acids is 1. The molecule has 0 spiro atoms. The first-order chi connectivity index (χ1) is 15.9. The molecule has 9 heteroatoms. The topological polar surface area (TPSA) is 78.3 Å². The van der Waals surface area contributed by atoms with E-state index in [1.54, 1.807) is 63.2 Å². The fraction of sp³-hybridized carbons (Fsp3) is 0.208. The first-order valence-corrected chi connectivity index (χ1v) is 11.0. The van der Waals surface area contributed by atoms with E-state index in [9.17, 15) is 9.18 Å². The third kappa shape index (κ3) is 4.58. The highest BCUT2D eigenvalue weighted by Crippen LogP contribution is 2.35. The number of nitrogens with one attached hydrogen (secondary N) is 1. The van der Waals surface area contributed by atoms with Gasteiger partial charge in [-0.3, -0.25) is 4.79 Å². The number of hydrogen-bond acceptors (Lipinski definition) is 6. The molecule has 1 amide bonds. The first-order valence-electron chi connectivity index (χ1n) is 10.2. The molecule has 0 fully saturated rings. The van der Waals surface area contributed by atoms with Gasteiger partial charge in [0.2, 0.25) is 0 Å². The van der Waals surface area contributed by atoms with Crippen molar-refractivity contribution in [2.75, 3.05) is 14.2 Å². The van der Waals surface area contributed by atoms with Gasteiger partial charge in [-0.05, 0) is 49.7 Å². The summed E-state index contributed by atoms with van der Waals surface area (Å²) in [6, 6.07) is 10.4. The fourth-order valence-electron chi connectivity index (χ4n) is 3.45. The average molecular weight is 467 g/mol. The number of hydrogen-bond donors (Lipinski definition) is 1. The van der Waals surface area contributed by atoms with Crippen LogP contribution in [0.1, 0.15) is 26.8 Å². The number of carbonyl (C=O) groups is 1. The molecule has 170 valence electrons. The second kappa shape index (κ2) is 9.41. The van der Waals surface area contributed by atoms with Crippen molar-refractivity contribution in [1.29, 1.82) is 0 Å². The minimum Gasteiger partial charge on any atom is -0.493 e. The van der Waals surface area contributed by atoms with E-state index in [1.807, 2.05) is 12.1 Å². The van der Waals surface area contributed by atoms with Gasteiger partial charge >= 0.3 is 0 Å². The molecule has 0 aliphatic rings. The Morgan fingerprint density at radius 3 is 2.58 bits per heavy atom. The Kier molecular flexibility index (Phi) is 6.41. The van der Waals surface area contributed by atoms with E-state index in [0.717, 1.165) is 5.56 Å². The molecule has 0 saturated heterocycles. The molecular formula is C24H23FN4O3S. The van der Waals surface area contributed by atoms with Crippen LogP contribution in [-0.4, -0.2) is 34.7 Å². The smallest absolute Gasteiger partial charge is 0.263 e. The number of ether oxygens (including phenoxy) is 2. The maximum atomic E-state index is 14.6. The van der Waals surface area contributed by atoms with Gasteiger partial charge in [-0.1, -0.05) is 6.07 Å². The van der Waals surface area contributed by atoms with Crippen molar-refractivity contribution >= 4 is 17.2 Å². The van der Waals surface area contributed by atoms with Crippen molar-refractivity contribution in [2.24, 2.45) is 0 Å². The first kappa shape index (κ1) is 22.5. The van der Waals surface area contributed by atoms with Crippen molar-refractivity contribution in [3.63, 3.8) is 0 Å². The fourth-order valence-corrected chi connectivity index (χ4v) is 4.43. The van der Waals surface area contributed by atoms with Crippen molar-refractivity contribution in [1.82, 2.24) is 19.9 Å². The SMILES string of the molecule is COc1ccc(-c2nc(C)c(C(=O)NCc3ccc(-n4ccnc4C)c(F)c3)s2)cc1OC. The number of halogens is 1. The van der Waals surface area contributed by atoms with E-state index < -0.39 is 0 Å². The van der Waals surface area contributed by atoms with Gasteiger partial charge < -0.3 is 19.4 Å². The van der Waals surface area contributed by atoms with Crippen molar-refractivity contribution in [3.05, 3.63) is 76.6 Å². The monoisotopic (exact) mass is 466 g/mol. The maximum Gasteiger partial charge on any atom is 0.263 e. The predicted octanol–water partition coefficient (Wildman–Crippen LogP) is 4.70. The van der Waals surface area contributed by atoms with Gasteiger partial charge in [0.1, 0.15) is 21.5 Å². The molecule has 1 N–H and O–H groups in total. The van der Waals surface area contributed by atoms with E-state index in [-0.39, 0.29) is 18.3 Å². The van der Waals surface area contributed by atoms with Crippen LogP contribution >= 0.6 is 11.3 Å². The molecule has 4 aromatic rings. The Balaban J connectivity index is 1.48. The maximum absolute atomic E-state index is 14.6. The van der Waals surface area contributed by atoms with E-state index in [1.165, 1.54) is 17.4 Å². The largest absolute Gasteiger partial charge is 0.493 e. The summed E-state index contributed by atoms with van der Waals surface area (Å²) < 4.78 is 26.9. The van der Waals surface area contributed by atoms with Crippen LogP contribution in [0, 0.1) is 19.7 Å². The molecule has 7 nitrogen and oxygen atoms in total. The molecule has 4 rings (SSSR count). The number of thiazole rings is 1. The normalized spacial score (nSPS) is 10.8. The molecule has 0 unspecified atom stereocenters. The minimum absolute atomic E-state index is 0.196. The second-order valence-electron chi connectivity index (χ2n) is 7.32. The summed E-state index contributed by atoms with van der Waals surface area (Å²) in [6.45, 7) is 3.79. The standard InChI is InChI=1S/C24H23FN4O3S/c1-14-22(33-24(28-14)17-6-8-20(31-3)21(12-17)32-4)23(30)27-13-16-5-7-19(18(25)11-16)29-10-9-26-15(29)2/h5-12H,13H2,1-4H3,(H,27,30). The van der Waals surface area contributed by atoms with Gasteiger partial charge in [0.25, 0.3) is 5.91 Å². The van der Waals surface area contributed by atoms with Crippen LogP contribution in [-0.2, 0) is 6.54 Å². The quantitative estimate of drug-likeness (QED) is 0.427. The van der Waals surface area contributed by atoms with Crippen molar-refractivity contribution in [2.45, 2.75) is 20.4 Å². The molecule has 0 radical (unpaired) electrons. The van der Waals surface area contributed by atoms with Crippen molar-refractivity contribution in [3.8, 4) is 27.8 Å². The number of methoxy groups -OCH3 is 2. The van der Waals surface area contributed by atoms with Crippen LogP contribution in [0.4, 0.5) is 4.39 Å². The molecule has 0 aliphatic carbocycles. The molecule has 2 aromatic carbocycles. The van der Waals surface area contributed by atoms with Crippen LogP contribution in [0.3, 0.4) is 0 Å². The zero-order chi connectivity index (χ0) is 23.5. The summed E-state index contributed by atoms with van der Waals surface area (Å²) in [5.74, 6) is 1.26. The Hall–Kier alpha value is -3.72. The Labute approximate surface area is 194 Å². The molecule has 0 saturated carbocycles. The zero-order valence-electron chi connectivity index (χ0n) is 18.7. The van der Waals surface area contributed by atoms with E-state index >= 15 is 0 Å². The second-order valence-corrected chi connectivity index (χ2v) is 8.32. The third-order valence-corrected chi connectivity index (χ3v) is 6.39. The zero-order valence-corrected chi connectivity index (χ0v) is 19.5. The number of nitrogens with zero attached hydrogens (tertiary/aromatic N) is 3. The number of aromatic nitrogens is 3. The Morgan fingerprint density at radius 2 is 1.91 bits per heavy atom. The van der Waals surface area contributed by atoms with E-state index in [4.69, 9.17) is 9.47 Å². The molecule has 2 heterocycles. The van der Waals surface area contributed by atoms with Crippen LogP contribution < -0.4 is 14.8 Å². The van der Waals surface area contributed by atoms with Gasteiger partial charge in [-0.25, -0.2) is 14.4 Å². The third-order valence-electron chi connectivity index (χ3n) is 5.18. The van der Waals surface area contributed by atoms with E-state index in [0.29, 0.717) is 44.2 Å². The summed E-state index contributed by atoms with van der Waals surface area (Å²) in [4.78, 5) is 22.0.